The van der Waals surface area contributed by atoms with Crippen LogP contribution in [0.4, 0.5) is 5.69 Å². The van der Waals surface area contributed by atoms with Gasteiger partial charge in [0.05, 0.1) is 13.0 Å². The highest BCUT2D eigenvalue weighted by atomic mass is 35.5. The molecule has 0 saturated heterocycles. The van der Waals surface area contributed by atoms with E-state index in [1.165, 1.54) is 19.3 Å². The highest BCUT2D eigenvalue weighted by molar-refractivity contribution is 7.80. The molecule has 0 bridgehead atoms. The van der Waals surface area contributed by atoms with E-state index in [0.717, 1.165) is 30.0 Å². The molecule has 2 aromatic carbocycles. The number of benzene rings is 2. The van der Waals surface area contributed by atoms with Crippen molar-refractivity contribution in [3.63, 3.8) is 0 Å². The van der Waals surface area contributed by atoms with Crippen molar-refractivity contribution in [1.82, 2.24) is 5.32 Å². The smallest absolute Gasteiger partial charge is 0.230 e. The number of hydrogen-bond acceptors (Lipinski definition) is 3. The molecular weight excluding hydrogens is 380 g/mol. The topological polar surface area (TPSA) is 50.4 Å². The summed E-state index contributed by atoms with van der Waals surface area (Å²) in [6, 6.07) is 14.7. The van der Waals surface area contributed by atoms with Crippen molar-refractivity contribution in [2.75, 3.05) is 11.9 Å². The molecule has 0 aliphatic rings. The molecule has 0 aliphatic carbocycles. The second-order valence-electron chi connectivity index (χ2n) is 6.24. The van der Waals surface area contributed by atoms with Gasteiger partial charge in [0.2, 0.25) is 5.91 Å². The van der Waals surface area contributed by atoms with Crippen molar-refractivity contribution < 1.29 is 9.53 Å². The molecule has 0 fully saturated rings. The van der Waals surface area contributed by atoms with Gasteiger partial charge in [-0.2, -0.15) is 0 Å². The molecule has 27 heavy (non-hydrogen) atoms. The third-order valence-corrected chi connectivity index (χ3v) is 4.37. The zero-order valence-corrected chi connectivity index (χ0v) is 17.0. The van der Waals surface area contributed by atoms with Crippen LogP contribution in [0.5, 0.6) is 5.75 Å². The minimum absolute atomic E-state index is 0.179. The maximum absolute atomic E-state index is 12.1. The summed E-state index contributed by atoms with van der Waals surface area (Å²) in [4.78, 5) is 12.1. The third kappa shape index (κ3) is 8.41. The first-order chi connectivity index (χ1) is 13.1. The molecule has 0 radical (unpaired) electrons. The lowest BCUT2D eigenvalue weighted by molar-refractivity contribution is -0.119. The number of nitrogens with one attached hydrogen (secondary N) is 2. The number of ether oxygens (including phenoxy) is 1. The molecule has 2 rings (SSSR count). The van der Waals surface area contributed by atoms with E-state index in [1.54, 1.807) is 12.1 Å². The summed E-state index contributed by atoms with van der Waals surface area (Å²) in [5.41, 5.74) is 1.67. The van der Waals surface area contributed by atoms with Gasteiger partial charge in [0.25, 0.3) is 0 Å². The Morgan fingerprint density at radius 1 is 1.04 bits per heavy atom. The van der Waals surface area contributed by atoms with Gasteiger partial charge in [0.15, 0.2) is 5.11 Å². The van der Waals surface area contributed by atoms with Crippen LogP contribution < -0.4 is 15.4 Å². The SMILES string of the molecule is CCCCCCOc1ccc(NC(=S)NC(=O)Cc2ccc(Cl)cc2)cc1. The molecule has 144 valence electrons. The summed E-state index contributed by atoms with van der Waals surface area (Å²) in [7, 11) is 0. The van der Waals surface area contributed by atoms with Crippen LogP contribution in [0.15, 0.2) is 48.5 Å². The number of unbranched alkanes of at least 4 members (excludes halogenated alkanes) is 3. The summed E-state index contributed by atoms with van der Waals surface area (Å²) in [5.74, 6) is 0.650. The van der Waals surface area contributed by atoms with E-state index < -0.39 is 0 Å². The molecule has 0 atom stereocenters. The van der Waals surface area contributed by atoms with E-state index in [4.69, 9.17) is 28.6 Å². The van der Waals surface area contributed by atoms with Crippen LogP contribution in [-0.4, -0.2) is 17.6 Å². The molecule has 0 aliphatic heterocycles. The fourth-order valence-electron chi connectivity index (χ4n) is 2.47. The van der Waals surface area contributed by atoms with Crippen LogP contribution in [0.1, 0.15) is 38.2 Å². The highest BCUT2D eigenvalue weighted by Gasteiger charge is 2.06. The Bertz CT molecular complexity index is 733. The van der Waals surface area contributed by atoms with E-state index in [1.807, 2.05) is 36.4 Å². The zero-order chi connectivity index (χ0) is 19.5. The first-order valence-corrected chi connectivity index (χ1v) is 9.93. The van der Waals surface area contributed by atoms with Crippen LogP contribution >= 0.6 is 23.8 Å². The van der Waals surface area contributed by atoms with Gasteiger partial charge in [-0.3, -0.25) is 4.79 Å². The van der Waals surface area contributed by atoms with Crippen molar-refractivity contribution in [2.24, 2.45) is 0 Å². The van der Waals surface area contributed by atoms with Crippen molar-refractivity contribution in [3.05, 3.63) is 59.1 Å². The Morgan fingerprint density at radius 3 is 2.41 bits per heavy atom. The van der Waals surface area contributed by atoms with Gasteiger partial charge < -0.3 is 15.4 Å². The lowest BCUT2D eigenvalue weighted by Crippen LogP contribution is -2.35. The second-order valence-corrected chi connectivity index (χ2v) is 7.08. The maximum Gasteiger partial charge on any atom is 0.230 e. The number of carbonyl (C=O) groups excluding carboxylic acids is 1. The highest BCUT2D eigenvalue weighted by Crippen LogP contribution is 2.16. The van der Waals surface area contributed by atoms with Gasteiger partial charge in [-0.1, -0.05) is 49.9 Å². The summed E-state index contributed by atoms with van der Waals surface area (Å²) in [6.07, 6.45) is 4.96. The number of rotatable bonds is 9. The van der Waals surface area contributed by atoms with Crippen LogP contribution in [0, 0.1) is 0 Å². The fourth-order valence-corrected chi connectivity index (χ4v) is 2.83. The summed E-state index contributed by atoms with van der Waals surface area (Å²) < 4.78 is 5.71. The first-order valence-electron chi connectivity index (χ1n) is 9.15. The van der Waals surface area contributed by atoms with E-state index in [-0.39, 0.29) is 17.4 Å². The fraction of sp³-hybridized carbons (Fsp3) is 0.333. The number of halogens is 1. The molecule has 2 N–H and O–H groups in total. The number of thiocarbonyl (C=S) groups is 1. The molecule has 0 heterocycles. The van der Waals surface area contributed by atoms with Crippen LogP contribution in [0.2, 0.25) is 5.02 Å². The number of anilines is 1. The predicted molar refractivity (Wildman–Crippen MR) is 116 cm³/mol. The zero-order valence-electron chi connectivity index (χ0n) is 15.5. The molecule has 6 heteroatoms. The van der Waals surface area contributed by atoms with Gasteiger partial charge in [-0.05, 0) is 60.6 Å². The van der Waals surface area contributed by atoms with Crippen LogP contribution in [-0.2, 0) is 11.2 Å². The number of hydrogen-bond donors (Lipinski definition) is 2. The lowest BCUT2D eigenvalue weighted by atomic mass is 10.1. The van der Waals surface area contributed by atoms with E-state index in [2.05, 4.69) is 17.6 Å². The van der Waals surface area contributed by atoms with Gasteiger partial charge in [0.1, 0.15) is 5.75 Å². The van der Waals surface area contributed by atoms with Gasteiger partial charge >= 0.3 is 0 Å². The van der Waals surface area contributed by atoms with Crippen LogP contribution in [0.3, 0.4) is 0 Å². The second kappa shape index (κ2) is 11.6. The normalized spacial score (nSPS) is 10.3. The largest absolute Gasteiger partial charge is 0.494 e. The molecule has 0 unspecified atom stereocenters. The minimum Gasteiger partial charge on any atom is -0.494 e. The first kappa shape index (κ1) is 21.2. The average Bonchev–Trinajstić information content (AvgIpc) is 2.64. The van der Waals surface area contributed by atoms with Gasteiger partial charge in [0, 0.05) is 10.7 Å². The standard InChI is InChI=1S/C21H25ClN2O2S/c1-2-3-4-5-14-26-19-12-10-18(11-13-19)23-21(27)24-20(25)15-16-6-8-17(22)9-7-16/h6-13H,2-5,14-15H2,1H3,(H2,23,24,25,27). The molecule has 0 aromatic heterocycles. The average molecular weight is 405 g/mol. The van der Waals surface area contributed by atoms with E-state index in [0.29, 0.717) is 5.02 Å². The Labute approximate surface area is 171 Å². The quantitative estimate of drug-likeness (QED) is 0.436. The minimum atomic E-state index is -0.179. The maximum atomic E-state index is 12.1. The molecule has 0 spiro atoms. The van der Waals surface area contributed by atoms with E-state index in [9.17, 15) is 4.79 Å². The molecule has 4 nitrogen and oxygen atoms in total. The van der Waals surface area contributed by atoms with Crippen molar-refractivity contribution in [2.45, 2.75) is 39.0 Å². The Kier molecular flexibility index (Phi) is 9.08. The Hall–Kier alpha value is -2.11. The monoisotopic (exact) mass is 404 g/mol. The third-order valence-electron chi connectivity index (χ3n) is 3.91. The van der Waals surface area contributed by atoms with Crippen LogP contribution in [0.25, 0.3) is 0 Å². The summed E-state index contributed by atoms with van der Waals surface area (Å²) in [6.45, 7) is 2.92. The molecular formula is C21H25ClN2O2S. The van der Waals surface area contributed by atoms with Crippen molar-refractivity contribution >= 4 is 40.5 Å². The van der Waals surface area contributed by atoms with E-state index >= 15 is 0 Å². The number of carbonyl (C=O) groups is 1. The Balaban J connectivity index is 1.73. The summed E-state index contributed by atoms with van der Waals surface area (Å²) in [5, 5.41) is 6.59. The Morgan fingerprint density at radius 2 is 1.74 bits per heavy atom. The van der Waals surface area contributed by atoms with Crippen molar-refractivity contribution in [1.29, 1.82) is 0 Å². The van der Waals surface area contributed by atoms with Crippen molar-refractivity contribution in [3.8, 4) is 5.75 Å². The van der Waals surface area contributed by atoms with Gasteiger partial charge in [-0.25, -0.2) is 0 Å². The predicted octanol–water partition coefficient (Wildman–Crippen LogP) is 5.35. The summed E-state index contributed by atoms with van der Waals surface area (Å²) >= 11 is 11.0. The lowest BCUT2D eigenvalue weighted by Gasteiger charge is -2.11. The van der Waals surface area contributed by atoms with Gasteiger partial charge in [-0.15, -0.1) is 0 Å². The molecule has 1 amide bonds. The molecule has 0 saturated carbocycles. The number of amides is 1. The molecule has 2 aromatic rings.